The van der Waals surface area contributed by atoms with Crippen LogP contribution in [0.1, 0.15) is 60.2 Å². The number of ether oxygens (including phenoxy) is 1. The molecule has 1 aromatic heterocycles. The van der Waals surface area contributed by atoms with E-state index in [-0.39, 0.29) is 39.1 Å². The van der Waals surface area contributed by atoms with Crippen molar-refractivity contribution >= 4 is 45.9 Å². The molecular formula is C22H23N3O6S. The predicted octanol–water partition coefficient (Wildman–Crippen LogP) is 2.56. The van der Waals surface area contributed by atoms with E-state index in [1.807, 2.05) is 0 Å². The van der Waals surface area contributed by atoms with Crippen LogP contribution in [0, 0.1) is 6.92 Å². The van der Waals surface area contributed by atoms with Gasteiger partial charge in [-0.1, -0.05) is 12.1 Å². The SMILES string of the molecule is CCOC(=O)c1c(NC(=O)C(C)N2C(=O)c3ccccc3C2=O)sc(C(=O)N(C)C)c1C. The highest BCUT2D eigenvalue weighted by Crippen LogP contribution is 2.35. The van der Waals surface area contributed by atoms with Gasteiger partial charge >= 0.3 is 5.97 Å². The highest BCUT2D eigenvalue weighted by atomic mass is 32.1. The first-order valence-corrected chi connectivity index (χ1v) is 10.7. The van der Waals surface area contributed by atoms with Crippen LogP contribution < -0.4 is 5.32 Å². The minimum Gasteiger partial charge on any atom is -0.462 e. The third kappa shape index (κ3) is 3.89. The summed E-state index contributed by atoms with van der Waals surface area (Å²) in [7, 11) is 3.16. The Morgan fingerprint density at radius 3 is 2.19 bits per heavy atom. The number of rotatable bonds is 6. The van der Waals surface area contributed by atoms with Gasteiger partial charge < -0.3 is 15.0 Å². The van der Waals surface area contributed by atoms with Crippen LogP contribution in [0.4, 0.5) is 5.00 Å². The average molecular weight is 458 g/mol. The molecule has 2 heterocycles. The van der Waals surface area contributed by atoms with Crippen LogP contribution in [0.5, 0.6) is 0 Å². The lowest BCUT2D eigenvalue weighted by Crippen LogP contribution is -2.45. The van der Waals surface area contributed by atoms with Gasteiger partial charge in [-0.2, -0.15) is 0 Å². The molecule has 32 heavy (non-hydrogen) atoms. The van der Waals surface area contributed by atoms with E-state index in [1.165, 1.54) is 24.0 Å². The van der Waals surface area contributed by atoms with E-state index in [0.717, 1.165) is 16.2 Å². The number of carbonyl (C=O) groups is 5. The van der Waals surface area contributed by atoms with Crippen molar-refractivity contribution < 1.29 is 28.7 Å². The smallest absolute Gasteiger partial charge is 0.341 e. The Balaban J connectivity index is 1.92. The number of imide groups is 1. The van der Waals surface area contributed by atoms with Crippen molar-refractivity contribution in [1.82, 2.24) is 9.80 Å². The fraction of sp³-hybridized carbons (Fsp3) is 0.318. The minimum atomic E-state index is -1.15. The number of esters is 1. The molecule has 168 valence electrons. The lowest BCUT2D eigenvalue weighted by Gasteiger charge is -2.21. The van der Waals surface area contributed by atoms with E-state index in [4.69, 9.17) is 4.74 Å². The third-order valence-electron chi connectivity index (χ3n) is 5.06. The van der Waals surface area contributed by atoms with Crippen LogP contribution in [0.25, 0.3) is 0 Å². The molecule has 3 rings (SSSR count). The Kier molecular flexibility index (Phi) is 6.45. The standard InChI is InChI=1S/C22H23N3O6S/c1-6-31-22(30)15-11(2)16(21(29)24(4)5)32-18(15)23-17(26)12(3)25-19(27)13-9-7-8-10-14(13)20(25)28/h7-10,12H,6H2,1-5H3,(H,23,26). The molecular weight excluding hydrogens is 434 g/mol. The summed E-state index contributed by atoms with van der Waals surface area (Å²) in [5.74, 6) is -2.81. The van der Waals surface area contributed by atoms with Gasteiger partial charge in [-0.05, 0) is 38.5 Å². The van der Waals surface area contributed by atoms with Crippen molar-refractivity contribution in [2.24, 2.45) is 0 Å². The summed E-state index contributed by atoms with van der Waals surface area (Å²) in [5.41, 5.74) is 0.922. The van der Waals surface area contributed by atoms with Crippen LogP contribution in [0.15, 0.2) is 24.3 Å². The lowest BCUT2D eigenvalue weighted by atomic mass is 10.1. The van der Waals surface area contributed by atoms with Gasteiger partial charge in [-0.3, -0.25) is 24.1 Å². The molecule has 0 saturated heterocycles. The van der Waals surface area contributed by atoms with Crippen LogP contribution in [-0.4, -0.2) is 66.1 Å². The average Bonchev–Trinajstić information content (AvgIpc) is 3.21. The fourth-order valence-corrected chi connectivity index (χ4v) is 4.57. The second-order valence-corrected chi connectivity index (χ2v) is 8.39. The molecule has 1 aliphatic rings. The van der Waals surface area contributed by atoms with Crippen molar-refractivity contribution in [3.8, 4) is 0 Å². The largest absolute Gasteiger partial charge is 0.462 e. The van der Waals surface area contributed by atoms with Crippen molar-refractivity contribution in [3.63, 3.8) is 0 Å². The van der Waals surface area contributed by atoms with Gasteiger partial charge in [0.15, 0.2) is 0 Å². The number of nitrogens with one attached hydrogen (secondary N) is 1. The minimum absolute atomic E-state index is 0.0740. The molecule has 1 N–H and O–H groups in total. The molecule has 0 spiro atoms. The van der Waals surface area contributed by atoms with Gasteiger partial charge in [0, 0.05) is 14.1 Å². The first kappa shape index (κ1) is 23.1. The van der Waals surface area contributed by atoms with Crippen molar-refractivity contribution in [1.29, 1.82) is 0 Å². The molecule has 1 aliphatic heterocycles. The van der Waals surface area contributed by atoms with Crippen LogP contribution in [0.2, 0.25) is 0 Å². The second-order valence-electron chi connectivity index (χ2n) is 7.37. The topological polar surface area (TPSA) is 113 Å². The summed E-state index contributed by atoms with van der Waals surface area (Å²) in [6, 6.07) is 5.19. The third-order valence-corrected chi connectivity index (χ3v) is 6.25. The van der Waals surface area contributed by atoms with Crippen LogP contribution >= 0.6 is 11.3 Å². The number of hydrogen-bond donors (Lipinski definition) is 1. The van der Waals surface area contributed by atoms with Gasteiger partial charge in [0.25, 0.3) is 17.7 Å². The van der Waals surface area contributed by atoms with Gasteiger partial charge in [0.05, 0.1) is 28.2 Å². The Morgan fingerprint density at radius 1 is 1.12 bits per heavy atom. The molecule has 1 atom stereocenters. The molecule has 0 saturated carbocycles. The summed E-state index contributed by atoms with van der Waals surface area (Å²) in [6.45, 7) is 4.79. The van der Waals surface area contributed by atoms with Crippen LogP contribution in [0.3, 0.4) is 0 Å². The first-order chi connectivity index (χ1) is 15.1. The predicted molar refractivity (Wildman–Crippen MR) is 118 cm³/mol. The molecule has 2 aromatic rings. The van der Waals surface area contributed by atoms with E-state index in [2.05, 4.69) is 5.32 Å². The number of amides is 4. The molecule has 10 heteroatoms. The van der Waals surface area contributed by atoms with Crippen molar-refractivity contribution in [3.05, 3.63) is 51.4 Å². The number of anilines is 1. The molecule has 9 nitrogen and oxygen atoms in total. The number of nitrogens with zero attached hydrogens (tertiary/aromatic N) is 2. The maximum Gasteiger partial charge on any atom is 0.341 e. The molecule has 1 unspecified atom stereocenters. The normalized spacial score (nSPS) is 13.6. The second kappa shape index (κ2) is 8.91. The number of carbonyl (C=O) groups excluding carboxylic acids is 5. The molecule has 0 aliphatic carbocycles. The Hall–Kier alpha value is -3.53. The zero-order chi connectivity index (χ0) is 23.7. The van der Waals surface area contributed by atoms with Crippen molar-refractivity contribution in [2.75, 3.05) is 26.0 Å². The number of benzene rings is 1. The highest BCUT2D eigenvalue weighted by molar-refractivity contribution is 7.18. The van der Waals surface area contributed by atoms with Crippen molar-refractivity contribution in [2.45, 2.75) is 26.8 Å². The summed E-state index contributed by atoms with van der Waals surface area (Å²) in [6.07, 6.45) is 0. The maximum atomic E-state index is 13.0. The molecule has 1 aromatic carbocycles. The first-order valence-electron chi connectivity index (χ1n) is 9.90. The maximum absolute atomic E-state index is 13.0. The molecule has 0 fully saturated rings. The summed E-state index contributed by atoms with van der Waals surface area (Å²) in [5, 5.41) is 2.74. The highest BCUT2D eigenvalue weighted by Gasteiger charge is 2.41. The zero-order valence-electron chi connectivity index (χ0n) is 18.3. The molecule has 4 amide bonds. The quantitative estimate of drug-likeness (QED) is 0.527. The van der Waals surface area contributed by atoms with Gasteiger partial charge in [-0.25, -0.2) is 4.79 Å². The van der Waals surface area contributed by atoms with Gasteiger partial charge in [0.2, 0.25) is 5.91 Å². The van der Waals surface area contributed by atoms with E-state index in [9.17, 15) is 24.0 Å². The number of thiophene rings is 1. The Labute approximate surface area is 188 Å². The Morgan fingerprint density at radius 2 is 1.69 bits per heavy atom. The number of fused-ring (bicyclic) bond motifs is 1. The zero-order valence-corrected chi connectivity index (χ0v) is 19.2. The lowest BCUT2D eigenvalue weighted by molar-refractivity contribution is -0.119. The monoisotopic (exact) mass is 457 g/mol. The molecule has 0 bridgehead atoms. The summed E-state index contributed by atoms with van der Waals surface area (Å²) < 4.78 is 5.09. The number of hydrogen-bond acceptors (Lipinski definition) is 7. The van der Waals surface area contributed by atoms with E-state index < -0.39 is 29.7 Å². The summed E-state index contributed by atoms with van der Waals surface area (Å²) >= 11 is 0.942. The summed E-state index contributed by atoms with van der Waals surface area (Å²) in [4.78, 5) is 66.0. The van der Waals surface area contributed by atoms with E-state index in [1.54, 1.807) is 40.1 Å². The Bertz CT molecular complexity index is 1100. The molecule has 0 radical (unpaired) electrons. The van der Waals surface area contributed by atoms with Gasteiger partial charge in [-0.15, -0.1) is 11.3 Å². The van der Waals surface area contributed by atoms with Crippen LogP contribution in [-0.2, 0) is 9.53 Å². The van der Waals surface area contributed by atoms with E-state index >= 15 is 0 Å². The van der Waals surface area contributed by atoms with E-state index in [0.29, 0.717) is 5.56 Å². The fourth-order valence-electron chi connectivity index (χ4n) is 3.35. The van der Waals surface area contributed by atoms with Gasteiger partial charge in [0.1, 0.15) is 11.0 Å².